The summed E-state index contributed by atoms with van der Waals surface area (Å²) in [4.78, 5) is 37.7. The van der Waals surface area contributed by atoms with E-state index in [-0.39, 0.29) is 30.1 Å². The molecule has 10 nitrogen and oxygen atoms in total. The van der Waals surface area contributed by atoms with Gasteiger partial charge in [-0.15, -0.1) is 0 Å². The highest BCUT2D eigenvalue weighted by Gasteiger charge is 2.32. The lowest BCUT2D eigenvalue weighted by Crippen LogP contribution is -2.46. The van der Waals surface area contributed by atoms with E-state index >= 15 is 0 Å². The second-order valence-electron chi connectivity index (χ2n) is 10.2. The maximum atomic E-state index is 13.0. The smallest absolute Gasteiger partial charge is 0.326 e. The van der Waals surface area contributed by atoms with E-state index in [9.17, 15) is 19.5 Å². The molecule has 0 bridgehead atoms. The van der Waals surface area contributed by atoms with Gasteiger partial charge in [-0.3, -0.25) is 20.4 Å². The fourth-order valence-corrected chi connectivity index (χ4v) is 5.20. The van der Waals surface area contributed by atoms with Gasteiger partial charge in [0, 0.05) is 18.3 Å². The highest BCUT2D eigenvalue weighted by Crippen LogP contribution is 2.38. The molecule has 222 valence electrons. The molecular weight excluding hydrogens is 538 g/mol. The molecule has 1 fully saturated rings. The molecule has 1 aliphatic rings. The molecule has 42 heavy (non-hydrogen) atoms. The first-order valence-electron chi connectivity index (χ1n) is 13.9. The number of benzene rings is 3. The van der Waals surface area contributed by atoms with Gasteiger partial charge in [-0.25, -0.2) is 4.79 Å². The molecule has 0 heterocycles. The van der Waals surface area contributed by atoms with Crippen molar-refractivity contribution in [2.45, 2.75) is 38.1 Å². The van der Waals surface area contributed by atoms with Crippen LogP contribution in [0.1, 0.15) is 31.2 Å². The minimum absolute atomic E-state index is 0.137. The average Bonchev–Trinajstić information content (AvgIpc) is 3.03. The highest BCUT2D eigenvalue weighted by molar-refractivity contribution is 5.86. The number of hydrogen-bond acceptors (Lipinski definition) is 7. The van der Waals surface area contributed by atoms with Crippen LogP contribution in [-0.2, 0) is 20.8 Å². The maximum absolute atomic E-state index is 13.0. The summed E-state index contributed by atoms with van der Waals surface area (Å²) >= 11 is 0. The molecule has 1 unspecified atom stereocenters. The van der Waals surface area contributed by atoms with Gasteiger partial charge in [0.25, 0.3) is 0 Å². The van der Waals surface area contributed by atoms with Crippen LogP contribution in [0.4, 0.5) is 5.69 Å². The van der Waals surface area contributed by atoms with Gasteiger partial charge in [-0.2, -0.15) is 0 Å². The van der Waals surface area contributed by atoms with E-state index in [0.717, 1.165) is 28.1 Å². The first-order valence-corrected chi connectivity index (χ1v) is 13.9. The number of aliphatic carboxylic acids is 1. The van der Waals surface area contributed by atoms with Crippen molar-refractivity contribution in [2.75, 3.05) is 26.8 Å². The molecule has 1 atom stereocenters. The average molecular weight is 576 g/mol. The lowest BCUT2D eigenvalue weighted by molar-refractivity contribution is -0.142. The number of ether oxygens (including phenoxy) is 3. The van der Waals surface area contributed by atoms with Crippen LogP contribution in [0, 0.1) is 11.8 Å². The summed E-state index contributed by atoms with van der Waals surface area (Å²) in [7, 11) is 4.77. The second kappa shape index (κ2) is 14.2. The van der Waals surface area contributed by atoms with Crippen molar-refractivity contribution >= 4 is 23.5 Å². The van der Waals surface area contributed by atoms with Crippen molar-refractivity contribution in [3.8, 4) is 28.4 Å². The van der Waals surface area contributed by atoms with E-state index < -0.39 is 12.0 Å². The summed E-state index contributed by atoms with van der Waals surface area (Å²) in [5.74, 6) is -0.0540. The van der Waals surface area contributed by atoms with Crippen molar-refractivity contribution in [1.29, 1.82) is 0 Å². The van der Waals surface area contributed by atoms with Crippen LogP contribution in [0.15, 0.2) is 66.7 Å². The topological polar surface area (TPSA) is 135 Å². The molecule has 0 saturated heterocycles. The van der Waals surface area contributed by atoms with Crippen LogP contribution < -0.4 is 30.4 Å². The standard InChI is InChI=1S/C32H37N3O7/c1-40-25-17-15-24(16-18-25)34-35-31(37)23-13-11-22(12-14-23)30(36)33-26(32(38)39)19-20-7-9-21(10-8-20)29-27(41-2)5-4-6-28(29)42-3/h4-10,15-18,22-23,26,34H,11-14,19H2,1-3H3,(H,33,36)(H,35,37)(H,38,39). The molecule has 10 heteroatoms. The summed E-state index contributed by atoms with van der Waals surface area (Å²) in [5.41, 5.74) is 8.80. The fourth-order valence-electron chi connectivity index (χ4n) is 5.20. The normalized spacial score (nSPS) is 16.9. The summed E-state index contributed by atoms with van der Waals surface area (Å²) < 4.78 is 16.1. The molecule has 1 saturated carbocycles. The van der Waals surface area contributed by atoms with Crippen molar-refractivity contribution in [1.82, 2.24) is 10.7 Å². The predicted octanol–water partition coefficient (Wildman–Crippen LogP) is 4.44. The molecule has 3 aromatic rings. The molecule has 2 amide bonds. The van der Waals surface area contributed by atoms with Crippen LogP contribution in [0.2, 0.25) is 0 Å². The first kappa shape index (κ1) is 30.2. The van der Waals surface area contributed by atoms with Crippen molar-refractivity contribution in [2.24, 2.45) is 11.8 Å². The number of amides is 2. The van der Waals surface area contributed by atoms with E-state index in [1.807, 2.05) is 42.5 Å². The number of carboxylic acid groups (broad SMARTS) is 1. The number of methoxy groups -OCH3 is 3. The Morgan fingerprint density at radius 1 is 0.786 bits per heavy atom. The third-order valence-electron chi connectivity index (χ3n) is 7.61. The van der Waals surface area contributed by atoms with Crippen molar-refractivity contribution < 1.29 is 33.7 Å². The summed E-state index contributed by atoms with van der Waals surface area (Å²) in [6.07, 6.45) is 2.24. The lowest BCUT2D eigenvalue weighted by atomic mass is 9.81. The number of rotatable bonds is 12. The first-order chi connectivity index (χ1) is 20.3. The van der Waals surface area contributed by atoms with Crippen LogP contribution in [0.3, 0.4) is 0 Å². The monoisotopic (exact) mass is 575 g/mol. The van der Waals surface area contributed by atoms with Gasteiger partial charge in [-0.05, 0) is 73.2 Å². The van der Waals surface area contributed by atoms with Gasteiger partial charge in [0.15, 0.2) is 0 Å². The number of carbonyl (C=O) groups is 3. The van der Waals surface area contributed by atoms with E-state index in [1.54, 1.807) is 45.6 Å². The van der Waals surface area contributed by atoms with Gasteiger partial charge < -0.3 is 24.6 Å². The molecular formula is C32H37N3O7. The number of hydrogen-bond donors (Lipinski definition) is 4. The quantitative estimate of drug-likeness (QED) is 0.233. The minimum Gasteiger partial charge on any atom is -0.497 e. The van der Waals surface area contributed by atoms with E-state index in [0.29, 0.717) is 37.2 Å². The van der Waals surface area contributed by atoms with Crippen LogP contribution in [0.25, 0.3) is 11.1 Å². The highest BCUT2D eigenvalue weighted by atomic mass is 16.5. The molecule has 3 aromatic carbocycles. The Morgan fingerprint density at radius 3 is 1.88 bits per heavy atom. The predicted molar refractivity (Wildman–Crippen MR) is 158 cm³/mol. The molecule has 4 N–H and O–H groups in total. The van der Waals surface area contributed by atoms with Gasteiger partial charge in [-0.1, -0.05) is 30.3 Å². The van der Waals surface area contributed by atoms with Gasteiger partial charge in [0.05, 0.1) is 32.6 Å². The van der Waals surface area contributed by atoms with Gasteiger partial charge >= 0.3 is 5.97 Å². The van der Waals surface area contributed by atoms with Crippen molar-refractivity contribution in [3.63, 3.8) is 0 Å². The third-order valence-corrected chi connectivity index (χ3v) is 7.61. The minimum atomic E-state index is -1.10. The molecule has 4 rings (SSSR count). The number of carbonyl (C=O) groups excluding carboxylic acids is 2. The molecule has 0 aromatic heterocycles. The zero-order chi connectivity index (χ0) is 30.1. The van der Waals surface area contributed by atoms with E-state index in [1.165, 1.54) is 0 Å². The molecule has 0 spiro atoms. The Hall–Kier alpha value is -4.73. The van der Waals surface area contributed by atoms with E-state index in [4.69, 9.17) is 14.2 Å². The van der Waals surface area contributed by atoms with Crippen LogP contribution >= 0.6 is 0 Å². The largest absolute Gasteiger partial charge is 0.497 e. The molecule has 0 aliphatic heterocycles. The van der Waals surface area contributed by atoms with Gasteiger partial charge in [0.2, 0.25) is 11.8 Å². The van der Waals surface area contributed by atoms with Gasteiger partial charge in [0.1, 0.15) is 23.3 Å². The van der Waals surface area contributed by atoms with Crippen LogP contribution in [-0.4, -0.2) is 50.3 Å². The maximum Gasteiger partial charge on any atom is 0.326 e. The Balaban J connectivity index is 1.29. The Bertz CT molecular complexity index is 1350. The summed E-state index contributed by atoms with van der Waals surface area (Å²) in [6, 6.07) is 19.1. The van der Waals surface area contributed by atoms with Crippen LogP contribution in [0.5, 0.6) is 17.2 Å². The Morgan fingerprint density at radius 2 is 1.36 bits per heavy atom. The molecule has 0 radical (unpaired) electrons. The molecule has 1 aliphatic carbocycles. The second-order valence-corrected chi connectivity index (χ2v) is 10.2. The Labute approximate surface area is 245 Å². The summed E-state index contributed by atoms with van der Waals surface area (Å²) in [6.45, 7) is 0. The Kier molecular flexibility index (Phi) is 10.3. The SMILES string of the molecule is COc1ccc(NNC(=O)C2CCC(C(=O)NC(Cc3ccc(-c4c(OC)cccc4OC)cc3)C(=O)O)CC2)cc1. The zero-order valence-electron chi connectivity index (χ0n) is 24.0. The summed E-state index contributed by atoms with van der Waals surface area (Å²) in [5, 5.41) is 12.5. The zero-order valence-corrected chi connectivity index (χ0v) is 24.0. The number of carboxylic acids is 1. The van der Waals surface area contributed by atoms with Crippen molar-refractivity contribution in [3.05, 3.63) is 72.3 Å². The van der Waals surface area contributed by atoms with E-state index in [2.05, 4.69) is 16.2 Å². The number of nitrogens with one attached hydrogen (secondary N) is 3. The third kappa shape index (κ3) is 7.51. The number of hydrazine groups is 1. The lowest BCUT2D eigenvalue weighted by Gasteiger charge is -2.28. The fraction of sp³-hybridized carbons (Fsp3) is 0.344. The number of anilines is 1.